The van der Waals surface area contributed by atoms with Crippen molar-refractivity contribution in [3.05, 3.63) is 95.5 Å². The van der Waals surface area contributed by atoms with Gasteiger partial charge in [0.25, 0.3) is 11.7 Å². The Bertz CT molecular complexity index is 1070. The van der Waals surface area contributed by atoms with Crippen molar-refractivity contribution in [2.24, 2.45) is 0 Å². The van der Waals surface area contributed by atoms with Crippen LogP contribution in [0.3, 0.4) is 0 Å². The number of ether oxygens (including phenoxy) is 1. The molecule has 2 heterocycles. The first kappa shape index (κ1) is 19.5. The molecule has 1 aliphatic rings. The number of benzene rings is 2. The summed E-state index contributed by atoms with van der Waals surface area (Å²) in [5, 5.41) is 11.0. The first-order chi connectivity index (χ1) is 14.6. The van der Waals surface area contributed by atoms with Gasteiger partial charge in [0.15, 0.2) is 0 Å². The Morgan fingerprint density at radius 3 is 2.40 bits per heavy atom. The highest BCUT2D eigenvalue weighted by Crippen LogP contribution is 2.40. The normalized spacial score (nSPS) is 18.0. The Morgan fingerprint density at radius 1 is 1.03 bits per heavy atom. The zero-order chi connectivity index (χ0) is 21.1. The van der Waals surface area contributed by atoms with Gasteiger partial charge in [0.05, 0.1) is 18.4 Å². The van der Waals surface area contributed by atoms with E-state index >= 15 is 0 Å². The first-order valence-corrected chi connectivity index (χ1v) is 9.69. The number of amides is 1. The Labute approximate surface area is 174 Å². The molecule has 1 amide bonds. The second kappa shape index (κ2) is 8.29. The van der Waals surface area contributed by atoms with Crippen LogP contribution in [-0.2, 0) is 16.1 Å². The maximum atomic E-state index is 12.9. The van der Waals surface area contributed by atoms with E-state index in [4.69, 9.17) is 9.15 Å². The molecule has 3 aromatic rings. The van der Waals surface area contributed by atoms with Crippen LogP contribution < -0.4 is 4.74 Å². The summed E-state index contributed by atoms with van der Waals surface area (Å²) in [5.74, 6) is -0.585. The van der Waals surface area contributed by atoms with Crippen LogP contribution in [-0.4, -0.2) is 28.3 Å². The number of carbonyl (C=O) groups is 2. The van der Waals surface area contributed by atoms with Crippen LogP contribution in [0.5, 0.6) is 5.75 Å². The van der Waals surface area contributed by atoms with Crippen molar-refractivity contribution in [3.8, 4) is 5.75 Å². The van der Waals surface area contributed by atoms with Gasteiger partial charge in [0, 0.05) is 12.1 Å². The van der Waals surface area contributed by atoms with Gasteiger partial charge in [-0.1, -0.05) is 30.3 Å². The van der Waals surface area contributed by atoms with E-state index in [9.17, 15) is 14.7 Å². The minimum absolute atomic E-state index is 0.00930. The molecule has 0 saturated carbocycles. The Balaban J connectivity index is 1.78. The molecule has 1 aliphatic heterocycles. The van der Waals surface area contributed by atoms with E-state index in [0.717, 1.165) is 5.56 Å². The fourth-order valence-corrected chi connectivity index (χ4v) is 3.60. The van der Waals surface area contributed by atoms with Crippen molar-refractivity contribution in [3.63, 3.8) is 0 Å². The third kappa shape index (κ3) is 3.59. The maximum Gasteiger partial charge on any atom is 0.296 e. The molecule has 1 N–H and O–H groups in total. The van der Waals surface area contributed by atoms with E-state index in [1.54, 1.807) is 36.4 Å². The number of hydrogen-bond acceptors (Lipinski definition) is 5. The first-order valence-electron chi connectivity index (χ1n) is 9.69. The number of aliphatic hydroxyl groups is 1. The lowest BCUT2D eigenvalue weighted by Crippen LogP contribution is -2.29. The highest BCUT2D eigenvalue weighted by Gasteiger charge is 2.47. The molecular weight excluding hydrogens is 382 g/mol. The topological polar surface area (TPSA) is 80.0 Å². The van der Waals surface area contributed by atoms with Gasteiger partial charge in [-0.15, -0.1) is 0 Å². The van der Waals surface area contributed by atoms with Crippen LogP contribution in [0.4, 0.5) is 0 Å². The van der Waals surface area contributed by atoms with Crippen molar-refractivity contribution in [1.82, 2.24) is 4.90 Å². The summed E-state index contributed by atoms with van der Waals surface area (Å²) < 4.78 is 11.0. The molecule has 152 valence electrons. The summed E-state index contributed by atoms with van der Waals surface area (Å²) in [6.45, 7) is 2.62. The van der Waals surface area contributed by atoms with E-state index in [2.05, 4.69) is 0 Å². The van der Waals surface area contributed by atoms with Gasteiger partial charge < -0.3 is 19.2 Å². The Morgan fingerprint density at radius 2 is 1.77 bits per heavy atom. The predicted octanol–water partition coefficient (Wildman–Crippen LogP) is 4.30. The van der Waals surface area contributed by atoms with Crippen LogP contribution in [0, 0.1) is 0 Å². The van der Waals surface area contributed by atoms with Crippen LogP contribution in [0.1, 0.15) is 29.9 Å². The SMILES string of the molecule is CCOc1ccc(C(O)=C2C(=O)C(=O)N(Cc3ccccc3)C2c2ccco2)cc1. The lowest BCUT2D eigenvalue weighted by Gasteiger charge is -2.23. The van der Waals surface area contributed by atoms with Gasteiger partial charge >= 0.3 is 0 Å². The third-order valence-electron chi connectivity index (χ3n) is 4.99. The molecule has 1 unspecified atom stereocenters. The quantitative estimate of drug-likeness (QED) is 0.377. The van der Waals surface area contributed by atoms with E-state index < -0.39 is 17.7 Å². The monoisotopic (exact) mass is 403 g/mol. The van der Waals surface area contributed by atoms with E-state index in [-0.39, 0.29) is 17.9 Å². The third-order valence-corrected chi connectivity index (χ3v) is 4.99. The smallest absolute Gasteiger partial charge is 0.296 e. The van der Waals surface area contributed by atoms with Crippen molar-refractivity contribution in [2.45, 2.75) is 19.5 Å². The molecule has 0 aliphatic carbocycles. The number of Topliss-reactive ketones (excluding diaryl/α,β-unsaturated/α-hetero) is 1. The molecule has 0 radical (unpaired) electrons. The van der Waals surface area contributed by atoms with Crippen LogP contribution in [0.2, 0.25) is 0 Å². The molecule has 0 spiro atoms. The zero-order valence-corrected chi connectivity index (χ0v) is 16.4. The molecule has 2 aromatic carbocycles. The Kier molecular flexibility index (Phi) is 5.39. The lowest BCUT2D eigenvalue weighted by molar-refractivity contribution is -0.140. The number of rotatable bonds is 6. The highest BCUT2D eigenvalue weighted by atomic mass is 16.5. The summed E-state index contributed by atoms with van der Waals surface area (Å²) in [7, 11) is 0. The van der Waals surface area contributed by atoms with Crippen molar-refractivity contribution in [2.75, 3.05) is 6.61 Å². The fourth-order valence-electron chi connectivity index (χ4n) is 3.60. The number of carbonyl (C=O) groups excluding carboxylic acids is 2. The predicted molar refractivity (Wildman–Crippen MR) is 111 cm³/mol. The van der Waals surface area contributed by atoms with Gasteiger partial charge in [-0.25, -0.2) is 0 Å². The summed E-state index contributed by atoms with van der Waals surface area (Å²) in [4.78, 5) is 27.2. The molecule has 30 heavy (non-hydrogen) atoms. The summed E-state index contributed by atoms with van der Waals surface area (Å²) in [6.07, 6.45) is 1.48. The number of likely N-dealkylation sites (tertiary alicyclic amines) is 1. The minimum atomic E-state index is -0.813. The maximum absolute atomic E-state index is 12.9. The number of furan rings is 1. The molecular formula is C24H21NO5. The van der Waals surface area contributed by atoms with Crippen molar-refractivity contribution >= 4 is 17.4 Å². The minimum Gasteiger partial charge on any atom is -0.507 e. The number of aliphatic hydroxyl groups excluding tert-OH is 1. The molecule has 6 nitrogen and oxygen atoms in total. The molecule has 6 heteroatoms. The number of nitrogens with zero attached hydrogens (tertiary/aromatic N) is 1. The highest BCUT2D eigenvalue weighted by molar-refractivity contribution is 6.46. The van der Waals surface area contributed by atoms with Gasteiger partial charge in [0.1, 0.15) is 23.3 Å². The van der Waals surface area contributed by atoms with Crippen LogP contribution in [0.25, 0.3) is 5.76 Å². The largest absolute Gasteiger partial charge is 0.507 e. The average Bonchev–Trinajstić information content (AvgIpc) is 3.38. The molecule has 0 bridgehead atoms. The standard InChI is InChI=1S/C24H21NO5/c1-2-29-18-12-10-17(11-13-18)22(26)20-21(19-9-6-14-30-19)25(24(28)23(20)27)15-16-7-4-3-5-8-16/h3-14,21,26H,2,15H2,1H3. The van der Waals surface area contributed by atoms with E-state index in [1.807, 2.05) is 37.3 Å². The lowest BCUT2D eigenvalue weighted by atomic mass is 9.99. The van der Waals surface area contributed by atoms with E-state index in [1.165, 1.54) is 11.2 Å². The van der Waals surface area contributed by atoms with Crippen molar-refractivity contribution in [1.29, 1.82) is 0 Å². The average molecular weight is 403 g/mol. The van der Waals surface area contributed by atoms with Gasteiger partial charge in [0.2, 0.25) is 0 Å². The zero-order valence-electron chi connectivity index (χ0n) is 16.4. The fraction of sp³-hybridized carbons (Fsp3) is 0.167. The number of ketones is 1. The van der Waals surface area contributed by atoms with E-state index in [0.29, 0.717) is 23.7 Å². The summed E-state index contributed by atoms with van der Waals surface area (Å²) >= 11 is 0. The van der Waals surface area contributed by atoms with Gasteiger partial charge in [-0.05, 0) is 48.9 Å². The molecule has 1 aromatic heterocycles. The molecule has 1 saturated heterocycles. The second-order valence-electron chi connectivity index (χ2n) is 6.89. The molecule has 1 atom stereocenters. The molecule has 4 rings (SSSR count). The summed E-state index contributed by atoms with van der Waals surface area (Å²) in [6, 6.07) is 18.7. The van der Waals surface area contributed by atoms with Crippen LogP contribution in [0.15, 0.2) is 83.0 Å². The van der Waals surface area contributed by atoms with Gasteiger partial charge in [-0.3, -0.25) is 9.59 Å². The van der Waals surface area contributed by atoms with Gasteiger partial charge in [-0.2, -0.15) is 0 Å². The van der Waals surface area contributed by atoms with Crippen LogP contribution >= 0.6 is 0 Å². The number of hydrogen-bond donors (Lipinski definition) is 1. The molecule has 1 fully saturated rings. The summed E-state index contributed by atoms with van der Waals surface area (Å²) in [5.41, 5.74) is 1.31. The Hall–Kier alpha value is -3.80. The van der Waals surface area contributed by atoms with Crippen molar-refractivity contribution < 1.29 is 23.8 Å². The second-order valence-corrected chi connectivity index (χ2v) is 6.89.